The van der Waals surface area contributed by atoms with Gasteiger partial charge >= 0.3 is 0 Å². The molecule has 0 radical (unpaired) electrons. The van der Waals surface area contributed by atoms with Gasteiger partial charge in [0.25, 0.3) is 0 Å². The van der Waals surface area contributed by atoms with Crippen molar-refractivity contribution in [2.75, 3.05) is 0 Å². The van der Waals surface area contributed by atoms with Crippen molar-refractivity contribution < 1.29 is 0 Å². The van der Waals surface area contributed by atoms with Crippen molar-refractivity contribution >= 4 is 5.84 Å². The maximum absolute atomic E-state index is 7.33. The van der Waals surface area contributed by atoms with E-state index in [4.69, 9.17) is 11.1 Å². The fourth-order valence-electron chi connectivity index (χ4n) is 1.26. The van der Waals surface area contributed by atoms with Crippen molar-refractivity contribution in [2.24, 2.45) is 5.73 Å². The highest BCUT2D eigenvalue weighted by molar-refractivity contribution is 5.80. The third kappa shape index (κ3) is 2.08. The highest BCUT2D eigenvalue weighted by atomic mass is 15.1. The minimum Gasteiger partial charge on any atom is -0.386 e. The lowest BCUT2D eigenvalue weighted by molar-refractivity contribution is 0.632. The van der Waals surface area contributed by atoms with Crippen LogP contribution in [0.5, 0.6) is 0 Å². The predicted octanol–water partition coefficient (Wildman–Crippen LogP) is 1.33. The lowest BCUT2D eigenvalue weighted by atomic mass is 10.2. The van der Waals surface area contributed by atoms with E-state index in [9.17, 15) is 0 Å². The molecule has 0 saturated heterocycles. The van der Waals surface area contributed by atoms with Gasteiger partial charge in [-0.15, -0.1) is 0 Å². The van der Waals surface area contributed by atoms with Gasteiger partial charge in [-0.05, 0) is 13.3 Å². The summed E-state index contributed by atoms with van der Waals surface area (Å²) in [6.07, 6.45) is 5.62. The highest BCUT2D eigenvalue weighted by Crippen LogP contribution is 2.09. The number of hydrogen-bond acceptors (Lipinski definition) is 2. The van der Waals surface area contributed by atoms with E-state index in [1.807, 2.05) is 17.7 Å². The minimum absolute atomic E-state index is 0.0796. The topological polar surface area (TPSA) is 67.7 Å². The standard InChI is InChI=1S/C9H16N4/c1-3-4-8-12-5-6-13(8)7(2)9(10)11/h5-7H,3-4H2,1-2H3,(H3,10,11). The third-order valence-electron chi connectivity index (χ3n) is 2.09. The predicted molar refractivity (Wildman–Crippen MR) is 52.8 cm³/mol. The van der Waals surface area contributed by atoms with Gasteiger partial charge in [-0.1, -0.05) is 6.92 Å². The molecule has 3 N–H and O–H groups in total. The average molecular weight is 180 g/mol. The van der Waals surface area contributed by atoms with Crippen LogP contribution in [0.2, 0.25) is 0 Å². The smallest absolute Gasteiger partial charge is 0.114 e. The van der Waals surface area contributed by atoms with Crippen molar-refractivity contribution in [2.45, 2.75) is 32.7 Å². The number of rotatable bonds is 4. The first kappa shape index (κ1) is 9.77. The molecular formula is C9H16N4. The van der Waals surface area contributed by atoms with Gasteiger partial charge in [-0.2, -0.15) is 0 Å². The number of nitrogens with one attached hydrogen (secondary N) is 1. The minimum atomic E-state index is -0.0796. The van der Waals surface area contributed by atoms with E-state index in [0.717, 1.165) is 18.7 Å². The molecule has 0 aromatic carbocycles. The zero-order valence-corrected chi connectivity index (χ0v) is 8.12. The quantitative estimate of drug-likeness (QED) is 0.542. The van der Waals surface area contributed by atoms with Crippen LogP contribution >= 0.6 is 0 Å². The van der Waals surface area contributed by atoms with Crippen molar-refractivity contribution in [3.63, 3.8) is 0 Å². The lowest BCUT2D eigenvalue weighted by Crippen LogP contribution is -2.24. The number of amidine groups is 1. The third-order valence-corrected chi connectivity index (χ3v) is 2.09. The largest absolute Gasteiger partial charge is 0.386 e. The summed E-state index contributed by atoms with van der Waals surface area (Å²) in [4.78, 5) is 4.22. The molecule has 13 heavy (non-hydrogen) atoms. The van der Waals surface area contributed by atoms with Crippen molar-refractivity contribution in [1.29, 1.82) is 5.41 Å². The van der Waals surface area contributed by atoms with Crippen LogP contribution in [0.25, 0.3) is 0 Å². The Morgan fingerprint density at radius 3 is 3.00 bits per heavy atom. The van der Waals surface area contributed by atoms with E-state index in [1.54, 1.807) is 6.20 Å². The van der Waals surface area contributed by atoms with Gasteiger partial charge in [-0.3, -0.25) is 5.41 Å². The Morgan fingerprint density at radius 1 is 1.77 bits per heavy atom. The van der Waals surface area contributed by atoms with Crippen LogP contribution in [0.1, 0.15) is 32.1 Å². The van der Waals surface area contributed by atoms with Crippen LogP contribution in [0.15, 0.2) is 12.4 Å². The Bertz CT molecular complexity index is 290. The van der Waals surface area contributed by atoms with Gasteiger partial charge in [0.2, 0.25) is 0 Å². The average Bonchev–Trinajstić information content (AvgIpc) is 2.52. The van der Waals surface area contributed by atoms with Crippen LogP contribution in [0, 0.1) is 5.41 Å². The molecule has 0 aliphatic heterocycles. The Morgan fingerprint density at radius 2 is 2.46 bits per heavy atom. The van der Waals surface area contributed by atoms with Crippen molar-refractivity contribution in [3.05, 3.63) is 18.2 Å². The molecule has 72 valence electrons. The molecule has 0 saturated carbocycles. The van der Waals surface area contributed by atoms with Gasteiger partial charge in [0.15, 0.2) is 0 Å². The summed E-state index contributed by atoms with van der Waals surface area (Å²) in [5, 5.41) is 7.33. The van der Waals surface area contributed by atoms with Gasteiger partial charge < -0.3 is 10.3 Å². The number of hydrogen-bond donors (Lipinski definition) is 2. The second-order valence-electron chi connectivity index (χ2n) is 3.13. The summed E-state index contributed by atoms with van der Waals surface area (Å²) in [6, 6.07) is -0.0796. The van der Waals surface area contributed by atoms with Gasteiger partial charge in [0.05, 0.1) is 6.04 Å². The summed E-state index contributed by atoms with van der Waals surface area (Å²) in [5.74, 6) is 1.18. The number of imidazole rings is 1. The first-order chi connectivity index (χ1) is 6.16. The van der Waals surface area contributed by atoms with Crippen LogP contribution in [0.3, 0.4) is 0 Å². The highest BCUT2D eigenvalue weighted by Gasteiger charge is 2.10. The maximum atomic E-state index is 7.33. The molecule has 1 unspecified atom stereocenters. The maximum Gasteiger partial charge on any atom is 0.114 e. The van der Waals surface area contributed by atoms with E-state index in [2.05, 4.69) is 11.9 Å². The number of aryl methyl sites for hydroxylation is 1. The van der Waals surface area contributed by atoms with Crippen LogP contribution < -0.4 is 5.73 Å². The van der Waals surface area contributed by atoms with Gasteiger partial charge in [0, 0.05) is 18.8 Å². The molecule has 1 atom stereocenters. The molecule has 4 heteroatoms. The Kier molecular flexibility index (Phi) is 3.06. The van der Waals surface area contributed by atoms with Crippen LogP contribution in [0.4, 0.5) is 0 Å². The zero-order valence-electron chi connectivity index (χ0n) is 8.12. The van der Waals surface area contributed by atoms with Crippen molar-refractivity contribution in [1.82, 2.24) is 9.55 Å². The fourth-order valence-corrected chi connectivity index (χ4v) is 1.26. The normalized spacial score (nSPS) is 12.8. The van der Waals surface area contributed by atoms with E-state index in [0.29, 0.717) is 0 Å². The molecule has 4 nitrogen and oxygen atoms in total. The molecule has 1 rings (SSSR count). The fraction of sp³-hybridized carbons (Fsp3) is 0.556. The van der Waals surface area contributed by atoms with Gasteiger partial charge in [-0.25, -0.2) is 4.98 Å². The molecule has 1 heterocycles. The Balaban J connectivity index is 2.86. The van der Waals surface area contributed by atoms with Crippen LogP contribution in [-0.4, -0.2) is 15.4 Å². The number of nitrogens with two attached hydrogens (primary N) is 1. The second kappa shape index (κ2) is 4.07. The second-order valence-corrected chi connectivity index (χ2v) is 3.13. The molecule has 1 aromatic heterocycles. The molecule has 0 bridgehead atoms. The van der Waals surface area contributed by atoms with Crippen LogP contribution in [-0.2, 0) is 6.42 Å². The lowest BCUT2D eigenvalue weighted by Gasteiger charge is -2.14. The number of nitrogens with zero attached hydrogens (tertiary/aromatic N) is 2. The molecule has 0 aliphatic carbocycles. The van der Waals surface area contributed by atoms with Gasteiger partial charge in [0.1, 0.15) is 11.7 Å². The molecule has 0 amide bonds. The first-order valence-electron chi connectivity index (χ1n) is 4.52. The SMILES string of the molecule is CCCc1nccn1C(C)C(=N)N. The van der Waals surface area contributed by atoms with E-state index < -0.39 is 0 Å². The molecule has 1 aromatic rings. The molecular weight excluding hydrogens is 164 g/mol. The summed E-state index contributed by atoms with van der Waals surface area (Å²) in [7, 11) is 0. The summed E-state index contributed by atoms with van der Waals surface area (Å²) in [5.41, 5.74) is 5.43. The van der Waals surface area contributed by atoms with E-state index in [1.165, 1.54) is 0 Å². The first-order valence-corrected chi connectivity index (χ1v) is 4.52. The van der Waals surface area contributed by atoms with Crippen molar-refractivity contribution in [3.8, 4) is 0 Å². The Hall–Kier alpha value is -1.32. The summed E-state index contributed by atoms with van der Waals surface area (Å²) >= 11 is 0. The molecule has 0 fully saturated rings. The number of aromatic nitrogens is 2. The zero-order chi connectivity index (χ0) is 9.84. The summed E-state index contributed by atoms with van der Waals surface area (Å²) < 4.78 is 1.95. The summed E-state index contributed by atoms with van der Waals surface area (Å²) in [6.45, 7) is 4.01. The molecule has 0 aliphatic rings. The monoisotopic (exact) mass is 180 g/mol. The molecule has 0 spiro atoms. The Labute approximate surface area is 78.3 Å². The van der Waals surface area contributed by atoms with E-state index >= 15 is 0 Å². The van der Waals surface area contributed by atoms with E-state index in [-0.39, 0.29) is 11.9 Å².